The highest BCUT2D eigenvalue weighted by Crippen LogP contribution is 2.30. The molecule has 0 radical (unpaired) electrons. The van der Waals surface area contributed by atoms with Crippen molar-refractivity contribution in [1.29, 1.82) is 0 Å². The maximum Gasteiger partial charge on any atom is 0.312 e. The minimum absolute atomic E-state index is 0.143. The first kappa shape index (κ1) is 12.7. The smallest absolute Gasteiger partial charge is 0.312 e. The van der Waals surface area contributed by atoms with Crippen LogP contribution in [0, 0.1) is 10.1 Å². The highest BCUT2D eigenvalue weighted by atomic mass is 35.5. The van der Waals surface area contributed by atoms with E-state index in [9.17, 15) is 10.1 Å². The second-order valence-electron chi connectivity index (χ2n) is 3.25. The molecule has 0 aliphatic carbocycles. The van der Waals surface area contributed by atoms with Crippen molar-refractivity contribution in [3.63, 3.8) is 0 Å². The fourth-order valence-electron chi connectivity index (χ4n) is 1.22. The van der Waals surface area contributed by atoms with Crippen LogP contribution in [0.25, 0.3) is 0 Å². The molecule has 1 rings (SSSR count). The van der Waals surface area contributed by atoms with Gasteiger partial charge < -0.3 is 9.47 Å². The number of halogens is 1. The third-order valence-corrected chi connectivity index (χ3v) is 2.08. The van der Waals surface area contributed by atoms with Gasteiger partial charge in [0.1, 0.15) is 6.10 Å². The lowest BCUT2D eigenvalue weighted by molar-refractivity contribution is -0.386. The molecule has 0 aliphatic rings. The van der Waals surface area contributed by atoms with Crippen LogP contribution in [0.5, 0.6) is 5.75 Å². The van der Waals surface area contributed by atoms with Gasteiger partial charge in [-0.05, 0) is 19.1 Å². The van der Waals surface area contributed by atoms with Crippen molar-refractivity contribution in [2.75, 3.05) is 13.7 Å². The highest BCUT2D eigenvalue weighted by molar-refractivity contribution is 6.30. The third-order valence-electron chi connectivity index (χ3n) is 1.85. The van der Waals surface area contributed by atoms with Gasteiger partial charge in [-0.15, -0.1) is 0 Å². The van der Waals surface area contributed by atoms with Gasteiger partial charge in [0.15, 0.2) is 5.75 Å². The number of hydrogen-bond donors (Lipinski definition) is 0. The Kier molecular flexibility index (Phi) is 4.52. The topological polar surface area (TPSA) is 61.6 Å². The summed E-state index contributed by atoms with van der Waals surface area (Å²) in [6.07, 6.45) is -0.259. The van der Waals surface area contributed by atoms with Gasteiger partial charge in [-0.25, -0.2) is 0 Å². The van der Waals surface area contributed by atoms with E-state index in [4.69, 9.17) is 21.1 Å². The van der Waals surface area contributed by atoms with Gasteiger partial charge in [-0.2, -0.15) is 0 Å². The first-order valence-electron chi connectivity index (χ1n) is 4.64. The molecule has 88 valence electrons. The van der Waals surface area contributed by atoms with Crippen molar-refractivity contribution in [2.45, 2.75) is 13.0 Å². The summed E-state index contributed by atoms with van der Waals surface area (Å²) in [5, 5.41) is 11.1. The number of nitro benzene ring substituents is 1. The van der Waals surface area contributed by atoms with Gasteiger partial charge in [0.25, 0.3) is 0 Å². The number of rotatable bonds is 5. The summed E-state index contributed by atoms with van der Waals surface area (Å²) in [5.41, 5.74) is -0.143. The molecule has 0 amide bonds. The maximum absolute atomic E-state index is 10.7. The van der Waals surface area contributed by atoms with Gasteiger partial charge in [-0.3, -0.25) is 10.1 Å². The molecule has 0 bridgehead atoms. The fraction of sp³-hybridized carbons (Fsp3) is 0.400. The molecule has 1 unspecified atom stereocenters. The van der Waals surface area contributed by atoms with Crippen LogP contribution in [0.3, 0.4) is 0 Å². The van der Waals surface area contributed by atoms with Crippen LogP contribution in [0.2, 0.25) is 5.02 Å². The van der Waals surface area contributed by atoms with E-state index in [0.717, 1.165) is 0 Å². The predicted molar refractivity (Wildman–Crippen MR) is 60.1 cm³/mol. The van der Waals surface area contributed by atoms with Crippen LogP contribution in [-0.4, -0.2) is 24.7 Å². The Morgan fingerprint density at radius 1 is 1.56 bits per heavy atom. The second-order valence-corrected chi connectivity index (χ2v) is 3.69. The Labute approximate surface area is 98.1 Å². The summed E-state index contributed by atoms with van der Waals surface area (Å²) in [4.78, 5) is 10.2. The summed E-state index contributed by atoms with van der Waals surface area (Å²) in [5.74, 6) is 0.193. The molecule has 0 heterocycles. The normalized spacial score (nSPS) is 12.2. The van der Waals surface area contributed by atoms with Crippen molar-refractivity contribution >= 4 is 17.3 Å². The van der Waals surface area contributed by atoms with E-state index in [2.05, 4.69) is 0 Å². The zero-order valence-corrected chi connectivity index (χ0v) is 9.73. The molecule has 1 aromatic rings. The maximum atomic E-state index is 10.7. The van der Waals surface area contributed by atoms with Gasteiger partial charge in [0, 0.05) is 18.2 Å². The Morgan fingerprint density at radius 2 is 2.25 bits per heavy atom. The molecule has 1 atom stereocenters. The molecular weight excluding hydrogens is 234 g/mol. The first-order chi connectivity index (χ1) is 7.54. The van der Waals surface area contributed by atoms with Crippen LogP contribution < -0.4 is 4.74 Å². The van der Waals surface area contributed by atoms with Crippen molar-refractivity contribution in [3.05, 3.63) is 33.3 Å². The van der Waals surface area contributed by atoms with Crippen LogP contribution in [0.4, 0.5) is 5.69 Å². The Balaban J connectivity index is 2.90. The molecule has 0 N–H and O–H groups in total. The quantitative estimate of drug-likeness (QED) is 0.591. The molecule has 6 heteroatoms. The summed E-state index contributed by atoms with van der Waals surface area (Å²) >= 11 is 5.67. The summed E-state index contributed by atoms with van der Waals surface area (Å²) in [6.45, 7) is 2.13. The number of nitrogens with zero attached hydrogens (tertiary/aromatic N) is 1. The summed E-state index contributed by atoms with van der Waals surface area (Å²) in [7, 11) is 1.54. The molecule has 16 heavy (non-hydrogen) atoms. The first-order valence-corrected chi connectivity index (χ1v) is 5.02. The summed E-state index contributed by atoms with van der Waals surface area (Å²) in [6, 6.07) is 4.28. The van der Waals surface area contributed by atoms with Crippen LogP contribution in [0.15, 0.2) is 18.2 Å². The van der Waals surface area contributed by atoms with Crippen molar-refractivity contribution in [3.8, 4) is 5.75 Å². The zero-order valence-electron chi connectivity index (χ0n) is 8.97. The lowest BCUT2D eigenvalue weighted by Crippen LogP contribution is -2.18. The molecule has 5 nitrogen and oxygen atoms in total. The lowest BCUT2D eigenvalue weighted by Gasteiger charge is -2.13. The minimum Gasteiger partial charge on any atom is -0.481 e. The minimum atomic E-state index is -0.527. The van der Waals surface area contributed by atoms with Crippen LogP contribution in [-0.2, 0) is 4.74 Å². The van der Waals surface area contributed by atoms with Gasteiger partial charge in [-0.1, -0.05) is 11.6 Å². The molecule has 1 aromatic carbocycles. The average molecular weight is 246 g/mol. The standard InChI is InChI=1S/C10H12ClNO4/c1-7(6-15-2)16-10-4-3-8(11)5-9(10)12(13)14/h3-5,7H,6H2,1-2H3. The van der Waals surface area contributed by atoms with E-state index in [1.165, 1.54) is 19.2 Å². The highest BCUT2D eigenvalue weighted by Gasteiger charge is 2.17. The fourth-order valence-corrected chi connectivity index (χ4v) is 1.38. The van der Waals surface area contributed by atoms with Crippen LogP contribution in [0.1, 0.15) is 6.92 Å². The molecule has 0 saturated heterocycles. The van der Waals surface area contributed by atoms with E-state index in [0.29, 0.717) is 11.6 Å². The van der Waals surface area contributed by atoms with E-state index in [-0.39, 0.29) is 17.5 Å². The Hall–Kier alpha value is -1.33. The number of ether oxygens (including phenoxy) is 2. The molecule has 0 aromatic heterocycles. The predicted octanol–water partition coefficient (Wildman–Crippen LogP) is 2.66. The Morgan fingerprint density at radius 3 is 2.81 bits per heavy atom. The monoisotopic (exact) mass is 245 g/mol. The molecular formula is C10H12ClNO4. The molecule has 0 fully saturated rings. The molecule has 0 saturated carbocycles. The van der Waals surface area contributed by atoms with Crippen LogP contribution >= 0.6 is 11.6 Å². The van der Waals surface area contributed by atoms with Crippen molar-refractivity contribution in [2.24, 2.45) is 0 Å². The molecule has 0 spiro atoms. The Bertz CT molecular complexity index is 383. The van der Waals surface area contributed by atoms with Crippen molar-refractivity contribution < 1.29 is 14.4 Å². The number of benzene rings is 1. The van der Waals surface area contributed by atoms with Gasteiger partial charge in [0.2, 0.25) is 0 Å². The van der Waals surface area contributed by atoms with E-state index in [1.807, 2.05) is 0 Å². The van der Waals surface area contributed by atoms with E-state index < -0.39 is 4.92 Å². The average Bonchev–Trinajstić information content (AvgIpc) is 2.20. The SMILES string of the molecule is COCC(C)Oc1ccc(Cl)cc1[N+](=O)[O-]. The van der Waals surface area contributed by atoms with E-state index >= 15 is 0 Å². The number of nitro groups is 1. The largest absolute Gasteiger partial charge is 0.481 e. The number of methoxy groups -OCH3 is 1. The van der Waals surface area contributed by atoms with Gasteiger partial charge in [0.05, 0.1) is 11.5 Å². The zero-order chi connectivity index (χ0) is 12.1. The second kappa shape index (κ2) is 5.67. The summed E-state index contributed by atoms with van der Waals surface area (Å²) < 4.78 is 10.3. The third kappa shape index (κ3) is 3.36. The number of hydrogen-bond acceptors (Lipinski definition) is 4. The molecule has 0 aliphatic heterocycles. The van der Waals surface area contributed by atoms with E-state index in [1.54, 1.807) is 13.0 Å². The van der Waals surface area contributed by atoms with Crippen molar-refractivity contribution in [1.82, 2.24) is 0 Å². The lowest BCUT2D eigenvalue weighted by atomic mass is 10.3. The van der Waals surface area contributed by atoms with Gasteiger partial charge >= 0.3 is 5.69 Å².